The smallest absolute Gasteiger partial charge is 0.240 e. The number of anilines is 1. The Kier molecular flexibility index (Phi) is 8.33. The molecule has 0 radical (unpaired) electrons. The molecule has 0 aliphatic carbocycles. The second-order valence-electron chi connectivity index (χ2n) is 10.5. The maximum Gasteiger partial charge on any atom is 0.240 e. The number of nitrogens with one attached hydrogen (secondary N) is 1. The monoisotopic (exact) mass is 604 g/mol. The SMILES string of the molecule is Cc1ccc(-n2nc(-c3ccc(Cl)cc3)c3c2N(CC(=O)NC[C@H]2CCCO2)C(=O)CS[C@H]3c2ccc(F)cc2)cc1. The molecule has 216 valence electrons. The maximum absolute atomic E-state index is 14.0. The summed E-state index contributed by atoms with van der Waals surface area (Å²) < 4.78 is 21.4. The number of aryl methyl sites for hydroxylation is 1. The summed E-state index contributed by atoms with van der Waals surface area (Å²) >= 11 is 7.67. The van der Waals surface area contributed by atoms with E-state index in [-0.39, 0.29) is 41.3 Å². The van der Waals surface area contributed by atoms with E-state index in [0.29, 0.717) is 29.7 Å². The molecule has 2 atom stereocenters. The molecule has 7 nitrogen and oxygen atoms in total. The summed E-state index contributed by atoms with van der Waals surface area (Å²) in [5.74, 6) is -0.190. The Morgan fingerprint density at radius 2 is 1.83 bits per heavy atom. The molecule has 4 aromatic rings. The lowest BCUT2D eigenvalue weighted by Crippen LogP contribution is -2.44. The van der Waals surface area contributed by atoms with Crippen LogP contribution in [0.3, 0.4) is 0 Å². The Bertz CT molecular complexity index is 1590. The lowest BCUT2D eigenvalue weighted by molar-refractivity contribution is -0.123. The van der Waals surface area contributed by atoms with E-state index in [0.717, 1.165) is 40.8 Å². The summed E-state index contributed by atoms with van der Waals surface area (Å²) in [4.78, 5) is 28.6. The molecule has 0 bridgehead atoms. The number of rotatable bonds is 7. The number of halogens is 2. The summed E-state index contributed by atoms with van der Waals surface area (Å²) in [6.07, 6.45) is 1.85. The van der Waals surface area contributed by atoms with E-state index in [9.17, 15) is 14.0 Å². The Morgan fingerprint density at radius 3 is 2.52 bits per heavy atom. The topological polar surface area (TPSA) is 76.5 Å². The largest absolute Gasteiger partial charge is 0.376 e. The number of nitrogens with zero attached hydrogens (tertiary/aromatic N) is 3. The minimum Gasteiger partial charge on any atom is -0.376 e. The van der Waals surface area contributed by atoms with Crippen molar-refractivity contribution in [3.05, 3.63) is 100 Å². The van der Waals surface area contributed by atoms with E-state index < -0.39 is 0 Å². The van der Waals surface area contributed by atoms with Crippen molar-refractivity contribution in [3.63, 3.8) is 0 Å². The molecule has 6 rings (SSSR count). The molecule has 1 aromatic heterocycles. The number of thioether (sulfide) groups is 1. The standard InChI is InChI=1S/C32H30ClFN4O3S/c1-20-4-14-25(15-5-20)38-32-29(30(36-38)21-6-10-23(33)11-7-21)31(22-8-12-24(34)13-9-22)42-19-28(40)37(32)18-27(39)35-17-26-3-2-16-41-26/h4-15,26,31H,2-3,16-19H2,1H3,(H,35,39)/t26-,31+/m1/s1. The molecule has 0 unspecified atom stereocenters. The number of ether oxygens (including phenoxy) is 1. The molecule has 1 N–H and O–H groups in total. The van der Waals surface area contributed by atoms with Gasteiger partial charge in [-0.05, 0) is 61.7 Å². The molecule has 3 aromatic carbocycles. The second kappa shape index (κ2) is 12.3. The third-order valence-electron chi connectivity index (χ3n) is 7.51. The fourth-order valence-electron chi connectivity index (χ4n) is 5.34. The highest BCUT2D eigenvalue weighted by Crippen LogP contribution is 2.48. The number of carbonyl (C=O) groups excluding carboxylic acids is 2. The minimum absolute atomic E-state index is 0.0163. The van der Waals surface area contributed by atoms with Crippen LogP contribution in [0.15, 0.2) is 72.8 Å². The molecule has 2 amide bonds. The van der Waals surface area contributed by atoms with Gasteiger partial charge in [0.1, 0.15) is 18.2 Å². The molecular formula is C32H30ClFN4O3S. The van der Waals surface area contributed by atoms with E-state index in [1.54, 1.807) is 28.9 Å². The summed E-state index contributed by atoms with van der Waals surface area (Å²) in [6.45, 7) is 2.92. The van der Waals surface area contributed by atoms with Gasteiger partial charge >= 0.3 is 0 Å². The Morgan fingerprint density at radius 1 is 1.10 bits per heavy atom. The zero-order valence-corrected chi connectivity index (χ0v) is 24.6. The van der Waals surface area contributed by atoms with Gasteiger partial charge in [-0.25, -0.2) is 9.07 Å². The number of carbonyl (C=O) groups is 2. The van der Waals surface area contributed by atoms with E-state index in [1.807, 2.05) is 43.3 Å². The Labute approximate surface area is 253 Å². The fraction of sp³-hybridized carbons (Fsp3) is 0.281. The highest BCUT2D eigenvalue weighted by atomic mass is 35.5. The van der Waals surface area contributed by atoms with Gasteiger partial charge in [-0.3, -0.25) is 14.5 Å². The maximum atomic E-state index is 14.0. The average molecular weight is 605 g/mol. The average Bonchev–Trinajstić information content (AvgIpc) is 3.62. The lowest BCUT2D eigenvalue weighted by atomic mass is 9.99. The molecular weight excluding hydrogens is 575 g/mol. The van der Waals surface area contributed by atoms with Crippen molar-refractivity contribution in [2.75, 3.05) is 30.3 Å². The molecule has 1 saturated heterocycles. The zero-order chi connectivity index (χ0) is 29.2. The number of benzene rings is 3. The van der Waals surface area contributed by atoms with Gasteiger partial charge in [-0.1, -0.05) is 53.6 Å². The van der Waals surface area contributed by atoms with Crippen LogP contribution in [-0.4, -0.2) is 53.1 Å². The van der Waals surface area contributed by atoms with E-state index in [4.69, 9.17) is 21.4 Å². The van der Waals surface area contributed by atoms with Crippen molar-refractivity contribution in [3.8, 4) is 16.9 Å². The lowest BCUT2D eigenvalue weighted by Gasteiger charge is -2.23. The summed E-state index contributed by atoms with van der Waals surface area (Å²) in [7, 11) is 0. The van der Waals surface area contributed by atoms with Crippen LogP contribution in [0.4, 0.5) is 10.2 Å². The highest BCUT2D eigenvalue weighted by molar-refractivity contribution is 8.00. The number of amides is 2. The normalized spacial score (nSPS) is 18.5. The van der Waals surface area contributed by atoms with Crippen LogP contribution in [0.5, 0.6) is 0 Å². The van der Waals surface area contributed by atoms with Crippen molar-refractivity contribution in [2.45, 2.75) is 31.1 Å². The molecule has 10 heteroatoms. The first-order valence-electron chi connectivity index (χ1n) is 13.9. The van der Waals surface area contributed by atoms with E-state index in [1.165, 1.54) is 28.8 Å². The van der Waals surface area contributed by atoms with Crippen molar-refractivity contribution in [1.29, 1.82) is 0 Å². The summed E-state index contributed by atoms with van der Waals surface area (Å²) in [6, 6.07) is 21.5. The predicted octanol–water partition coefficient (Wildman–Crippen LogP) is 6.10. The van der Waals surface area contributed by atoms with Gasteiger partial charge in [0.05, 0.1) is 28.5 Å². The molecule has 3 heterocycles. The first-order chi connectivity index (χ1) is 20.4. The number of aromatic nitrogens is 2. The molecule has 0 saturated carbocycles. The van der Waals surface area contributed by atoms with Crippen LogP contribution < -0.4 is 10.2 Å². The fourth-order valence-corrected chi connectivity index (χ4v) is 6.66. The van der Waals surface area contributed by atoms with Gasteiger partial charge < -0.3 is 10.1 Å². The van der Waals surface area contributed by atoms with Gasteiger partial charge in [0.25, 0.3) is 0 Å². The van der Waals surface area contributed by atoms with Gasteiger partial charge in [-0.2, -0.15) is 5.10 Å². The highest BCUT2D eigenvalue weighted by Gasteiger charge is 2.37. The van der Waals surface area contributed by atoms with Crippen molar-refractivity contribution in [2.24, 2.45) is 0 Å². The predicted molar refractivity (Wildman–Crippen MR) is 164 cm³/mol. The van der Waals surface area contributed by atoms with Crippen LogP contribution >= 0.6 is 23.4 Å². The Balaban J connectivity index is 1.51. The number of hydrogen-bond acceptors (Lipinski definition) is 5. The molecule has 0 spiro atoms. The first kappa shape index (κ1) is 28.5. The van der Waals surface area contributed by atoms with Crippen molar-refractivity contribution in [1.82, 2.24) is 15.1 Å². The van der Waals surface area contributed by atoms with Gasteiger partial charge in [-0.15, -0.1) is 11.8 Å². The summed E-state index contributed by atoms with van der Waals surface area (Å²) in [5, 5.41) is 8.26. The van der Waals surface area contributed by atoms with E-state index in [2.05, 4.69) is 5.32 Å². The van der Waals surface area contributed by atoms with Crippen molar-refractivity contribution < 1.29 is 18.7 Å². The quantitative estimate of drug-likeness (QED) is 0.276. The molecule has 2 aliphatic heterocycles. The summed E-state index contributed by atoms with van der Waals surface area (Å²) in [5.41, 5.74) is 4.90. The zero-order valence-electron chi connectivity index (χ0n) is 23.1. The number of hydrogen-bond donors (Lipinski definition) is 1. The van der Waals surface area contributed by atoms with Crippen LogP contribution in [0.1, 0.15) is 34.8 Å². The van der Waals surface area contributed by atoms with Crippen LogP contribution in [0.2, 0.25) is 5.02 Å². The third-order valence-corrected chi connectivity index (χ3v) is 9.02. The molecule has 42 heavy (non-hydrogen) atoms. The first-order valence-corrected chi connectivity index (χ1v) is 15.3. The van der Waals surface area contributed by atoms with Crippen LogP contribution in [0.25, 0.3) is 16.9 Å². The van der Waals surface area contributed by atoms with E-state index >= 15 is 0 Å². The van der Waals surface area contributed by atoms with Gasteiger partial charge in [0.15, 0.2) is 0 Å². The second-order valence-corrected chi connectivity index (χ2v) is 12.0. The minimum atomic E-state index is -0.352. The van der Waals surface area contributed by atoms with Gasteiger partial charge in [0.2, 0.25) is 11.8 Å². The van der Waals surface area contributed by atoms with Crippen molar-refractivity contribution >= 4 is 41.0 Å². The third kappa shape index (κ3) is 5.95. The molecule has 2 aliphatic rings. The Hall–Kier alpha value is -3.66. The molecule has 1 fully saturated rings. The van der Waals surface area contributed by atoms with Crippen LogP contribution in [-0.2, 0) is 14.3 Å². The van der Waals surface area contributed by atoms with Gasteiger partial charge in [0, 0.05) is 29.3 Å². The van der Waals surface area contributed by atoms with Crippen LogP contribution in [0, 0.1) is 12.7 Å². The number of fused-ring (bicyclic) bond motifs is 1.